The standard InChI is InChI=1S/C18H31N3/c1-2-3-4-5-6-7-8-9-10-11-12-14-18-17-20-15-13-16-21(20)19-18/h13,15-17H,2-12,14H2,1H3. The molecule has 0 saturated heterocycles. The highest BCUT2D eigenvalue weighted by atomic mass is 15.5. The fraction of sp³-hybridized carbons (Fsp3) is 0.722. The zero-order chi connectivity index (χ0) is 14.8. The number of fused-ring (bicyclic) bond motifs is 1. The molecule has 21 heavy (non-hydrogen) atoms. The minimum absolute atomic E-state index is 1.12. The largest absolute Gasteiger partial charge is 0.233 e. The predicted molar refractivity (Wildman–Crippen MR) is 86.5 cm³/mol. The maximum absolute atomic E-state index is 4.54. The second-order valence-corrected chi connectivity index (χ2v) is 6.20. The van der Waals surface area contributed by atoms with Crippen molar-refractivity contribution in [1.82, 2.24) is 9.61 Å². The molecular weight excluding hydrogens is 258 g/mol. The van der Waals surface area contributed by atoms with Crippen LogP contribution in [0.15, 0.2) is 24.7 Å². The first-order chi connectivity index (χ1) is 10.4. The molecule has 0 N–H and O–H groups in total. The van der Waals surface area contributed by atoms with Gasteiger partial charge in [0.15, 0.2) is 6.20 Å². The topological polar surface area (TPSA) is 22.6 Å². The van der Waals surface area contributed by atoms with Crippen molar-refractivity contribution in [3.8, 4) is 0 Å². The van der Waals surface area contributed by atoms with Crippen LogP contribution >= 0.6 is 0 Å². The Labute approximate surface area is 129 Å². The van der Waals surface area contributed by atoms with Gasteiger partial charge in [-0.2, -0.15) is 5.10 Å². The molecule has 3 heteroatoms. The molecule has 0 atom stereocenters. The summed E-state index contributed by atoms with van der Waals surface area (Å²) in [6.07, 6.45) is 22.7. The molecule has 2 aromatic rings. The van der Waals surface area contributed by atoms with Crippen molar-refractivity contribution in [3.63, 3.8) is 0 Å². The van der Waals surface area contributed by atoms with E-state index in [1.165, 1.54) is 76.3 Å². The molecule has 2 heterocycles. The van der Waals surface area contributed by atoms with Gasteiger partial charge in [0.25, 0.3) is 0 Å². The van der Waals surface area contributed by atoms with E-state index in [1.54, 1.807) is 0 Å². The number of hydrogen-bond acceptors (Lipinski definition) is 0. The number of aromatic nitrogens is 3. The summed E-state index contributed by atoms with van der Waals surface area (Å²) in [6.45, 7) is 2.28. The third kappa shape index (κ3) is 5.94. The van der Waals surface area contributed by atoms with Crippen molar-refractivity contribution in [2.24, 2.45) is 0 Å². The Balaban J connectivity index is 1.41. The van der Waals surface area contributed by atoms with Gasteiger partial charge in [0.05, 0.1) is 0 Å². The van der Waals surface area contributed by atoms with E-state index in [-0.39, 0.29) is 0 Å². The van der Waals surface area contributed by atoms with E-state index in [9.17, 15) is 0 Å². The average molecular weight is 289 g/mol. The molecule has 0 radical (unpaired) electrons. The smallest absolute Gasteiger partial charge is 0.190 e. The quantitative estimate of drug-likeness (QED) is 0.421. The molecule has 0 saturated carbocycles. The van der Waals surface area contributed by atoms with Crippen LogP contribution in [0.1, 0.15) is 83.2 Å². The number of nitrogens with zero attached hydrogens (tertiary/aromatic N) is 3. The third-order valence-corrected chi connectivity index (χ3v) is 4.24. The minimum Gasteiger partial charge on any atom is -0.233 e. The van der Waals surface area contributed by atoms with Crippen molar-refractivity contribution in [2.75, 3.05) is 0 Å². The number of rotatable bonds is 12. The van der Waals surface area contributed by atoms with Crippen LogP contribution in [0.3, 0.4) is 0 Å². The Morgan fingerprint density at radius 3 is 2.14 bits per heavy atom. The summed E-state index contributed by atoms with van der Waals surface area (Å²) in [6, 6.07) is 2.01. The maximum Gasteiger partial charge on any atom is 0.190 e. The van der Waals surface area contributed by atoms with Crippen LogP contribution in [0.5, 0.6) is 0 Å². The lowest BCUT2D eigenvalue weighted by Gasteiger charge is -2.02. The summed E-state index contributed by atoms with van der Waals surface area (Å²) in [5.74, 6) is 0. The molecule has 0 aliphatic rings. The van der Waals surface area contributed by atoms with Crippen LogP contribution in [-0.2, 0) is 6.42 Å². The molecule has 0 fully saturated rings. The van der Waals surface area contributed by atoms with Gasteiger partial charge in [0.1, 0.15) is 0 Å². The van der Waals surface area contributed by atoms with Crippen molar-refractivity contribution in [3.05, 3.63) is 30.4 Å². The van der Waals surface area contributed by atoms with Gasteiger partial charge in [-0.25, -0.2) is 4.52 Å². The van der Waals surface area contributed by atoms with Gasteiger partial charge in [0, 0.05) is 6.07 Å². The lowest BCUT2D eigenvalue weighted by molar-refractivity contribution is -0.677. The van der Waals surface area contributed by atoms with Crippen LogP contribution in [0.25, 0.3) is 0 Å². The van der Waals surface area contributed by atoms with E-state index < -0.39 is 0 Å². The lowest BCUT2D eigenvalue weighted by atomic mass is 10.0. The van der Waals surface area contributed by atoms with E-state index in [0.29, 0.717) is 0 Å². The van der Waals surface area contributed by atoms with Crippen molar-refractivity contribution in [2.45, 2.75) is 84.0 Å². The fourth-order valence-electron chi connectivity index (χ4n) is 2.93. The molecular formula is C18H31N3. The van der Waals surface area contributed by atoms with Gasteiger partial charge in [-0.3, -0.25) is 0 Å². The summed E-state index contributed by atoms with van der Waals surface area (Å²) in [4.78, 5) is 0. The number of aryl methyl sites for hydroxylation is 1. The van der Waals surface area contributed by atoms with Gasteiger partial charge >= 0.3 is 0 Å². The van der Waals surface area contributed by atoms with Crippen LogP contribution < -0.4 is 9.73 Å². The van der Waals surface area contributed by atoms with Crippen LogP contribution in [-0.4, -0.2) is 4.52 Å². The summed E-state index contributed by atoms with van der Waals surface area (Å²) in [5, 5.41) is 4.54. The highest BCUT2D eigenvalue weighted by molar-refractivity contribution is 4.91. The molecule has 0 spiro atoms. The Morgan fingerprint density at radius 2 is 1.52 bits per heavy atom. The van der Waals surface area contributed by atoms with Crippen molar-refractivity contribution < 1.29 is 4.63 Å². The van der Waals surface area contributed by atoms with Gasteiger partial charge in [-0.05, 0) is 30.9 Å². The molecule has 0 aliphatic heterocycles. The predicted octanol–water partition coefficient (Wildman–Crippen LogP) is 4.34. The van der Waals surface area contributed by atoms with Gasteiger partial charge in [0.2, 0.25) is 0 Å². The Bertz CT molecular complexity index is 455. The first kappa shape index (κ1) is 16.1. The summed E-state index contributed by atoms with van der Waals surface area (Å²) >= 11 is 0. The lowest BCUT2D eigenvalue weighted by Crippen LogP contribution is -2.28. The van der Waals surface area contributed by atoms with E-state index in [4.69, 9.17) is 0 Å². The molecule has 0 amide bonds. The second-order valence-electron chi connectivity index (χ2n) is 6.20. The molecule has 118 valence electrons. The first-order valence-electron chi connectivity index (χ1n) is 8.91. The van der Waals surface area contributed by atoms with E-state index in [0.717, 1.165) is 6.42 Å². The van der Waals surface area contributed by atoms with Crippen molar-refractivity contribution >= 4 is 0 Å². The summed E-state index contributed by atoms with van der Waals surface area (Å²) in [5.41, 5.74) is 1.21. The van der Waals surface area contributed by atoms with Crippen LogP contribution in [0.2, 0.25) is 0 Å². The highest BCUT2D eigenvalue weighted by Crippen LogP contribution is 2.12. The summed E-state index contributed by atoms with van der Waals surface area (Å²) < 4.78 is 3.93. The zero-order valence-electron chi connectivity index (χ0n) is 13.6. The summed E-state index contributed by atoms with van der Waals surface area (Å²) in [7, 11) is 0. The van der Waals surface area contributed by atoms with E-state index in [1.807, 2.05) is 27.6 Å². The normalized spacial score (nSPS) is 11.5. The average Bonchev–Trinajstić information content (AvgIpc) is 3.06. The Hall–Kier alpha value is -1.25. The van der Waals surface area contributed by atoms with Gasteiger partial charge < -0.3 is 0 Å². The molecule has 0 aliphatic carbocycles. The van der Waals surface area contributed by atoms with E-state index in [2.05, 4.69) is 18.2 Å². The Morgan fingerprint density at radius 1 is 0.905 bits per heavy atom. The van der Waals surface area contributed by atoms with Gasteiger partial charge in [-0.15, -0.1) is 4.63 Å². The van der Waals surface area contributed by atoms with Crippen molar-refractivity contribution in [1.29, 1.82) is 0 Å². The van der Waals surface area contributed by atoms with Crippen LogP contribution in [0.4, 0.5) is 0 Å². The van der Waals surface area contributed by atoms with Crippen LogP contribution in [0, 0.1) is 0 Å². The number of unbranched alkanes of at least 4 members (excludes halogenated alkanes) is 10. The second kappa shape index (κ2) is 9.64. The third-order valence-electron chi connectivity index (χ3n) is 4.24. The molecule has 0 aromatic carbocycles. The SMILES string of the molecule is CCCCCCCCCCCCCc1cn2ccc[n+]2[n-]1. The molecule has 3 nitrogen and oxygen atoms in total. The number of hydrogen-bond donors (Lipinski definition) is 0. The zero-order valence-corrected chi connectivity index (χ0v) is 13.6. The highest BCUT2D eigenvalue weighted by Gasteiger charge is 1.98. The molecule has 0 unspecified atom stereocenters. The van der Waals surface area contributed by atoms with Gasteiger partial charge in [-0.1, -0.05) is 71.1 Å². The molecule has 2 aromatic heterocycles. The monoisotopic (exact) mass is 289 g/mol. The van der Waals surface area contributed by atoms with E-state index >= 15 is 0 Å². The minimum atomic E-state index is 1.12. The fourth-order valence-corrected chi connectivity index (χ4v) is 2.93. The molecule has 2 rings (SSSR count). The maximum atomic E-state index is 4.54. The first-order valence-corrected chi connectivity index (χ1v) is 8.91. The Kier molecular flexibility index (Phi) is 7.41. The molecule has 0 bridgehead atoms.